The fourth-order valence-electron chi connectivity index (χ4n) is 4.63. The standard InChI is InChI=1S/C25H35N5O2/c1-3-22(30-12-11-20-8-5-6-9-21(20)19-30)18-27-25(26-4-2)29-15-13-28(14-16-29)24(31)23-10-7-17-32-23/h5-10,17,22H,3-4,11-16,18-19H2,1-2H3,(H,26,27). The minimum atomic E-state index is -0.0342. The average Bonchev–Trinajstić information content (AvgIpc) is 3.38. The third-order valence-corrected chi connectivity index (χ3v) is 6.53. The fraction of sp³-hybridized carbons (Fsp3) is 0.520. The van der Waals surface area contributed by atoms with Gasteiger partial charge in [0.2, 0.25) is 0 Å². The molecule has 32 heavy (non-hydrogen) atoms. The second-order valence-corrected chi connectivity index (χ2v) is 8.50. The second kappa shape index (κ2) is 10.7. The molecular formula is C25H35N5O2. The van der Waals surface area contributed by atoms with Gasteiger partial charge in [0.1, 0.15) is 0 Å². The number of hydrogen-bond acceptors (Lipinski definition) is 4. The number of nitrogens with one attached hydrogen (secondary N) is 1. The molecule has 0 bridgehead atoms. The lowest BCUT2D eigenvalue weighted by molar-refractivity contribution is 0.0657. The first kappa shape index (κ1) is 22.4. The first-order chi connectivity index (χ1) is 15.7. The van der Waals surface area contributed by atoms with Crippen LogP contribution in [0.25, 0.3) is 0 Å². The number of rotatable bonds is 6. The van der Waals surface area contributed by atoms with Crippen molar-refractivity contribution in [3.05, 3.63) is 59.5 Å². The Morgan fingerprint density at radius 1 is 1.03 bits per heavy atom. The van der Waals surface area contributed by atoms with Crippen LogP contribution in [0.4, 0.5) is 0 Å². The molecule has 7 nitrogen and oxygen atoms in total. The molecule has 1 fully saturated rings. The summed E-state index contributed by atoms with van der Waals surface area (Å²) in [5.41, 5.74) is 2.93. The number of hydrogen-bond donors (Lipinski definition) is 1. The van der Waals surface area contributed by atoms with Crippen LogP contribution in [0.1, 0.15) is 41.9 Å². The van der Waals surface area contributed by atoms with E-state index in [1.807, 2.05) is 4.90 Å². The molecule has 0 spiro atoms. The highest BCUT2D eigenvalue weighted by molar-refractivity contribution is 5.91. The van der Waals surface area contributed by atoms with E-state index in [-0.39, 0.29) is 5.91 Å². The highest BCUT2D eigenvalue weighted by Gasteiger charge is 2.26. The summed E-state index contributed by atoms with van der Waals surface area (Å²) in [6.07, 6.45) is 3.74. The molecule has 1 N–H and O–H groups in total. The van der Waals surface area contributed by atoms with E-state index in [2.05, 4.69) is 53.2 Å². The Balaban J connectivity index is 1.36. The third kappa shape index (κ3) is 5.15. The van der Waals surface area contributed by atoms with Crippen LogP contribution in [-0.2, 0) is 13.0 Å². The topological polar surface area (TPSA) is 64.3 Å². The maximum absolute atomic E-state index is 12.5. The second-order valence-electron chi connectivity index (χ2n) is 8.50. The molecule has 1 aromatic heterocycles. The van der Waals surface area contributed by atoms with Gasteiger partial charge in [0.05, 0.1) is 12.8 Å². The Bertz CT molecular complexity index is 903. The van der Waals surface area contributed by atoms with Crippen LogP contribution in [0, 0.1) is 0 Å². The van der Waals surface area contributed by atoms with Gasteiger partial charge in [-0.1, -0.05) is 31.2 Å². The molecule has 1 aromatic carbocycles. The van der Waals surface area contributed by atoms with Gasteiger partial charge in [-0.2, -0.15) is 0 Å². The van der Waals surface area contributed by atoms with Gasteiger partial charge in [-0.05, 0) is 43.0 Å². The van der Waals surface area contributed by atoms with Crippen molar-refractivity contribution in [3.63, 3.8) is 0 Å². The van der Waals surface area contributed by atoms with Gasteiger partial charge in [-0.3, -0.25) is 14.7 Å². The first-order valence-electron chi connectivity index (χ1n) is 11.9. The Kier molecular flexibility index (Phi) is 7.47. The minimum Gasteiger partial charge on any atom is -0.459 e. The number of aliphatic imine (C=N–C) groups is 1. The van der Waals surface area contributed by atoms with E-state index < -0.39 is 0 Å². The number of nitrogens with zero attached hydrogens (tertiary/aromatic N) is 4. The maximum atomic E-state index is 12.5. The Morgan fingerprint density at radius 2 is 1.78 bits per heavy atom. The molecule has 0 radical (unpaired) electrons. The van der Waals surface area contributed by atoms with Gasteiger partial charge < -0.3 is 19.5 Å². The number of benzene rings is 1. The summed E-state index contributed by atoms with van der Waals surface area (Å²) >= 11 is 0. The number of carbonyl (C=O) groups is 1. The lowest BCUT2D eigenvalue weighted by Crippen LogP contribution is -2.54. The van der Waals surface area contributed by atoms with Crippen LogP contribution in [0.15, 0.2) is 52.1 Å². The zero-order chi connectivity index (χ0) is 22.3. The summed E-state index contributed by atoms with van der Waals surface area (Å²) in [5, 5.41) is 3.46. The molecule has 1 atom stereocenters. The Labute approximate surface area is 191 Å². The van der Waals surface area contributed by atoms with Crippen LogP contribution in [0.3, 0.4) is 0 Å². The molecule has 0 aliphatic carbocycles. The zero-order valence-electron chi connectivity index (χ0n) is 19.3. The van der Waals surface area contributed by atoms with Crippen LogP contribution in [0.2, 0.25) is 0 Å². The summed E-state index contributed by atoms with van der Waals surface area (Å²) < 4.78 is 5.27. The molecule has 3 heterocycles. The van der Waals surface area contributed by atoms with Gasteiger partial charge in [0, 0.05) is 51.9 Å². The van der Waals surface area contributed by atoms with Crippen molar-refractivity contribution in [2.75, 3.05) is 45.8 Å². The molecule has 0 saturated carbocycles. The summed E-state index contributed by atoms with van der Waals surface area (Å²) in [7, 11) is 0. The van der Waals surface area contributed by atoms with E-state index in [0.29, 0.717) is 24.9 Å². The maximum Gasteiger partial charge on any atom is 0.289 e. The monoisotopic (exact) mass is 437 g/mol. The summed E-state index contributed by atoms with van der Waals surface area (Å²) in [4.78, 5) is 24.3. The highest BCUT2D eigenvalue weighted by atomic mass is 16.3. The number of furan rings is 1. The van der Waals surface area contributed by atoms with Crippen LogP contribution < -0.4 is 5.32 Å². The van der Waals surface area contributed by atoms with E-state index in [0.717, 1.165) is 58.1 Å². The molecule has 1 unspecified atom stereocenters. The lowest BCUT2D eigenvalue weighted by atomic mass is 9.98. The summed E-state index contributed by atoms with van der Waals surface area (Å²) in [5.74, 6) is 1.33. The Hall–Kier alpha value is -2.80. The molecule has 2 aliphatic heterocycles. The van der Waals surface area contributed by atoms with Crippen molar-refractivity contribution < 1.29 is 9.21 Å². The van der Waals surface area contributed by atoms with Gasteiger partial charge in [0.25, 0.3) is 5.91 Å². The summed E-state index contributed by atoms with van der Waals surface area (Å²) in [6, 6.07) is 12.7. The minimum absolute atomic E-state index is 0.0342. The third-order valence-electron chi connectivity index (χ3n) is 6.53. The van der Waals surface area contributed by atoms with Gasteiger partial charge in [-0.25, -0.2) is 0 Å². The molecule has 1 amide bonds. The molecule has 4 rings (SSSR count). The van der Waals surface area contributed by atoms with Crippen molar-refractivity contribution in [2.24, 2.45) is 4.99 Å². The number of amides is 1. The van der Waals surface area contributed by atoms with Crippen LogP contribution in [0.5, 0.6) is 0 Å². The van der Waals surface area contributed by atoms with Gasteiger partial charge in [-0.15, -0.1) is 0 Å². The van der Waals surface area contributed by atoms with Gasteiger partial charge >= 0.3 is 0 Å². The van der Waals surface area contributed by atoms with Gasteiger partial charge in [0.15, 0.2) is 11.7 Å². The van der Waals surface area contributed by atoms with E-state index >= 15 is 0 Å². The zero-order valence-corrected chi connectivity index (χ0v) is 19.3. The van der Waals surface area contributed by atoms with Crippen LogP contribution in [-0.4, -0.2) is 78.4 Å². The molecule has 7 heteroatoms. The predicted octanol–water partition coefficient (Wildman–Crippen LogP) is 2.84. The number of carbonyl (C=O) groups excluding carboxylic acids is 1. The van der Waals surface area contributed by atoms with Crippen LogP contribution >= 0.6 is 0 Å². The smallest absolute Gasteiger partial charge is 0.289 e. The summed E-state index contributed by atoms with van der Waals surface area (Å²) in [6.45, 7) is 11.0. The fourth-order valence-corrected chi connectivity index (χ4v) is 4.63. The molecule has 2 aliphatic rings. The lowest BCUT2D eigenvalue weighted by Gasteiger charge is -2.37. The average molecular weight is 438 g/mol. The number of fused-ring (bicyclic) bond motifs is 1. The van der Waals surface area contributed by atoms with Crippen molar-refractivity contribution in [1.82, 2.24) is 20.0 Å². The molecule has 1 saturated heterocycles. The molecule has 172 valence electrons. The Morgan fingerprint density at radius 3 is 2.47 bits per heavy atom. The molecular weight excluding hydrogens is 402 g/mol. The van der Waals surface area contributed by atoms with E-state index in [1.165, 1.54) is 11.1 Å². The first-order valence-corrected chi connectivity index (χ1v) is 11.9. The van der Waals surface area contributed by atoms with E-state index in [9.17, 15) is 4.79 Å². The number of guanidine groups is 1. The van der Waals surface area contributed by atoms with E-state index in [1.54, 1.807) is 18.4 Å². The SMILES string of the molecule is CCNC(=NCC(CC)N1CCc2ccccc2C1)N1CCN(C(=O)c2ccco2)CC1. The largest absolute Gasteiger partial charge is 0.459 e. The van der Waals surface area contributed by atoms with E-state index in [4.69, 9.17) is 9.41 Å². The quantitative estimate of drug-likeness (QED) is 0.556. The van der Waals surface area contributed by atoms with Crippen molar-refractivity contribution >= 4 is 11.9 Å². The molecule has 2 aromatic rings. The van der Waals surface area contributed by atoms with Crippen molar-refractivity contribution in [2.45, 2.75) is 39.3 Å². The van der Waals surface area contributed by atoms with Crippen molar-refractivity contribution in [3.8, 4) is 0 Å². The highest BCUT2D eigenvalue weighted by Crippen LogP contribution is 2.21. The van der Waals surface area contributed by atoms with Crippen molar-refractivity contribution in [1.29, 1.82) is 0 Å². The number of piperazine rings is 1. The normalized spacial score (nSPS) is 18.4. The predicted molar refractivity (Wildman–Crippen MR) is 127 cm³/mol.